The molecule has 0 unspecified atom stereocenters. The number of pyridine rings is 1. The summed E-state index contributed by atoms with van der Waals surface area (Å²) < 4.78 is 27.4. The van der Waals surface area contributed by atoms with Gasteiger partial charge >= 0.3 is 5.97 Å². The van der Waals surface area contributed by atoms with Crippen LogP contribution in [0.25, 0.3) is 0 Å². The second-order valence-corrected chi connectivity index (χ2v) is 5.06. The van der Waals surface area contributed by atoms with E-state index < -0.39 is 16.2 Å². The Morgan fingerprint density at radius 3 is 2.47 bits per heavy atom. The largest absolute Gasteiger partial charge is 0.478 e. The van der Waals surface area contributed by atoms with Gasteiger partial charge in [0.1, 0.15) is 5.82 Å². The Morgan fingerprint density at radius 1 is 1.41 bits per heavy atom. The summed E-state index contributed by atoms with van der Waals surface area (Å²) in [6, 6.07) is 2.30. The lowest BCUT2D eigenvalue weighted by Crippen LogP contribution is -2.35. The van der Waals surface area contributed by atoms with Crippen molar-refractivity contribution in [2.45, 2.75) is 19.9 Å². The second kappa shape index (κ2) is 5.11. The highest BCUT2D eigenvalue weighted by Gasteiger charge is 2.12. The van der Waals surface area contributed by atoms with Crippen molar-refractivity contribution >= 4 is 22.0 Å². The summed E-state index contributed by atoms with van der Waals surface area (Å²) in [7, 11) is -3.68. The molecule has 0 aliphatic rings. The van der Waals surface area contributed by atoms with E-state index in [1.54, 1.807) is 13.8 Å². The maximum Gasteiger partial charge on any atom is 0.337 e. The van der Waals surface area contributed by atoms with Crippen molar-refractivity contribution in [3.05, 3.63) is 23.9 Å². The van der Waals surface area contributed by atoms with Gasteiger partial charge in [-0.05, 0) is 26.0 Å². The molecule has 0 aromatic carbocycles. The van der Waals surface area contributed by atoms with Crippen molar-refractivity contribution in [1.29, 1.82) is 0 Å². The number of hydrogen-bond acceptors (Lipinski definition) is 4. The van der Waals surface area contributed by atoms with Gasteiger partial charge in [-0.15, -0.1) is 0 Å². The standard InChI is InChI=1S/C9H13N3O4S/c1-6(2)11-17(15,16)12-8-4-3-7(5-10-8)9(13)14/h3-6,11H,1-2H3,(H,10,12)(H,13,14). The summed E-state index contributed by atoms with van der Waals surface area (Å²) >= 11 is 0. The van der Waals surface area contributed by atoms with Gasteiger partial charge in [0.05, 0.1) is 5.56 Å². The van der Waals surface area contributed by atoms with Crippen LogP contribution in [0.3, 0.4) is 0 Å². The van der Waals surface area contributed by atoms with Crippen molar-refractivity contribution in [3.8, 4) is 0 Å². The summed E-state index contributed by atoms with van der Waals surface area (Å²) in [6.07, 6.45) is 1.08. The zero-order valence-corrected chi connectivity index (χ0v) is 10.2. The highest BCUT2D eigenvalue weighted by atomic mass is 32.2. The van der Waals surface area contributed by atoms with Crippen LogP contribution in [-0.4, -0.2) is 30.5 Å². The Labute approximate surface area is 99.1 Å². The van der Waals surface area contributed by atoms with Gasteiger partial charge in [-0.2, -0.15) is 13.1 Å². The third kappa shape index (κ3) is 4.37. The lowest BCUT2D eigenvalue weighted by atomic mass is 10.3. The quantitative estimate of drug-likeness (QED) is 0.710. The van der Waals surface area contributed by atoms with Crippen molar-refractivity contribution in [2.75, 3.05) is 4.72 Å². The number of nitrogens with one attached hydrogen (secondary N) is 2. The number of rotatable bonds is 5. The van der Waals surface area contributed by atoms with Crippen LogP contribution in [-0.2, 0) is 10.2 Å². The van der Waals surface area contributed by atoms with E-state index in [2.05, 4.69) is 14.4 Å². The topological polar surface area (TPSA) is 108 Å². The molecule has 0 spiro atoms. The molecule has 0 saturated heterocycles. The maximum absolute atomic E-state index is 11.5. The van der Waals surface area contributed by atoms with E-state index in [-0.39, 0.29) is 17.4 Å². The summed E-state index contributed by atoms with van der Waals surface area (Å²) in [5.41, 5.74) is -0.00948. The molecule has 1 aromatic heterocycles. The number of anilines is 1. The number of hydrogen-bond donors (Lipinski definition) is 3. The first-order valence-electron chi connectivity index (χ1n) is 4.79. The fourth-order valence-electron chi connectivity index (χ4n) is 1.06. The lowest BCUT2D eigenvalue weighted by molar-refractivity contribution is 0.0696. The molecule has 7 nitrogen and oxygen atoms in total. The average molecular weight is 259 g/mol. The molecular weight excluding hydrogens is 246 g/mol. The van der Waals surface area contributed by atoms with Gasteiger partial charge in [0.25, 0.3) is 10.2 Å². The van der Waals surface area contributed by atoms with Crippen molar-refractivity contribution in [1.82, 2.24) is 9.71 Å². The van der Waals surface area contributed by atoms with E-state index in [0.717, 1.165) is 6.20 Å². The summed E-state index contributed by atoms with van der Waals surface area (Å²) in [5, 5.41) is 8.64. The van der Waals surface area contributed by atoms with Crippen molar-refractivity contribution in [3.63, 3.8) is 0 Å². The fraction of sp³-hybridized carbons (Fsp3) is 0.333. The van der Waals surface area contributed by atoms with Crippen LogP contribution in [0.5, 0.6) is 0 Å². The molecule has 0 aliphatic heterocycles. The smallest absolute Gasteiger partial charge is 0.337 e. The average Bonchev–Trinajstić information content (AvgIpc) is 2.15. The molecule has 94 valence electrons. The number of carboxylic acid groups (broad SMARTS) is 1. The molecule has 1 aromatic rings. The summed E-state index contributed by atoms with van der Waals surface area (Å²) in [6.45, 7) is 3.36. The van der Waals surface area contributed by atoms with Gasteiger partial charge < -0.3 is 5.11 Å². The minimum absolute atomic E-state index is 0.00948. The van der Waals surface area contributed by atoms with Crippen LogP contribution in [0.1, 0.15) is 24.2 Å². The monoisotopic (exact) mass is 259 g/mol. The molecule has 3 N–H and O–H groups in total. The Kier molecular flexibility index (Phi) is 4.02. The lowest BCUT2D eigenvalue weighted by Gasteiger charge is -2.10. The molecule has 0 saturated carbocycles. The Morgan fingerprint density at radius 2 is 2.06 bits per heavy atom. The predicted molar refractivity (Wildman–Crippen MR) is 62.0 cm³/mol. The van der Waals surface area contributed by atoms with E-state index in [1.807, 2.05) is 0 Å². The predicted octanol–water partition coefficient (Wildman–Crippen LogP) is 0.434. The van der Waals surface area contributed by atoms with Gasteiger partial charge in [0, 0.05) is 12.2 Å². The Balaban J connectivity index is 2.79. The molecular formula is C9H13N3O4S. The fourth-order valence-corrected chi connectivity index (χ4v) is 2.13. The van der Waals surface area contributed by atoms with Crippen molar-refractivity contribution in [2.24, 2.45) is 0 Å². The van der Waals surface area contributed by atoms with E-state index in [9.17, 15) is 13.2 Å². The maximum atomic E-state index is 11.5. The van der Waals surface area contributed by atoms with Gasteiger partial charge in [-0.3, -0.25) is 4.72 Å². The zero-order valence-electron chi connectivity index (χ0n) is 9.34. The first-order chi connectivity index (χ1) is 7.80. The molecule has 0 aliphatic carbocycles. The molecule has 0 bridgehead atoms. The number of aromatic nitrogens is 1. The van der Waals surface area contributed by atoms with E-state index in [0.29, 0.717) is 0 Å². The van der Waals surface area contributed by atoms with Crippen LogP contribution in [0.15, 0.2) is 18.3 Å². The molecule has 0 amide bonds. The third-order valence-corrected chi connectivity index (χ3v) is 2.90. The van der Waals surface area contributed by atoms with Gasteiger partial charge in [0.15, 0.2) is 0 Å². The highest BCUT2D eigenvalue weighted by Crippen LogP contribution is 2.06. The molecule has 1 rings (SSSR count). The normalized spacial score (nSPS) is 11.5. The number of aromatic carboxylic acids is 1. The van der Waals surface area contributed by atoms with Gasteiger partial charge in [0.2, 0.25) is 0 Å². The van der Waals surface area contributed by atoms with Crippen molar-refractivity contribution < 1.29 is 18.3 Å². The summed E-state index contributed by atoms with van der Waals surface area (Å²) in [4.78, 5) is 14.2. The molecule has 8 heteroatoms. The minimum atomic E-state index is -3.68. The molecule has 0 atom stereocenters. The third-order valence-electron chi connectivity index (χ3n) is 1.64. The molecule has 0 radical (unpaired) electrons. The molecule has 0 fully saturated rings. The first-order valence-corrected chi connectivity index (χ1v) is 6.28. The highest BCUT2D eigenvalue weighted by molar-refractivity contribution is 7.90. The SMILES string of the molecule is CC(C)NS(=O)(=O)Nc1ccc(C(=O)O)cn1. The van der Waals surface area contributed by atoms with Crippen LogP contribution >= 0.6 is 0 Å². The Hall–Kier alpha value is -1.67. The van der Waals surface area contributed by atoms with E-state index in [1.165, 1.54) is 12.1 Å². The van der Waals surface area contributed by atoms with E-state index >= 15 is 0 Å². The molecule has 17 heavy (non-hydrogen) atoms. The molecule has 1 heterocycles. The Bertz CT molecular complexity index is 495. The van der Waals surface area contributed by atoms with Crippen LogP contribution in [0.4, 0.5) is 5.82 Å². The second-order valence-electron chi connectivity index (χ2n) is 3.62. The summed E-state index contributed by atoms with van der Waals surface area (Å²) in [5.74, 6) is -1.06. The van der Waals surface area contributed by atoms with E-state index in [4.69, 9.17) is 5.11 Å². The van der Waals surface area contributed by atoms with Crippen LogP contribution in [0, 0.1) is 0 Å². The number of nitrogens with zero attached hydrogens (tertiary/aromatic N) is 1. The zero-order chi connectivity index (χ0) is 13.1. The number of carbonyl (C=O) groups is 1. The van der Waals surface area contributed by atoms with Crippen LogP contribution < -0.4 is 9.44 Å². The number of carboxylic acids is 1. The van der Waals surface area contributed by atoms with Crippen LogP contribution in [0.2, 0.25) is 0 Å². The van der Waals surface area contributed by atoms with Gasteiger partial charge in [-0.25, -0.2) is 9.78 Å². The van der Waals surface area contributed by atoms with Gasteiger partial charge in [-0.1, -0.05) is 0 Å². The first kappa shape index (κ1) is 13.4. The minimum Gasteiger partial charge on any atom is -0.478 e.